The monoisotopic (exact) mass is 191 g/mol. The normalized spacial score (nSPS) is 12.2. The van der Waals surface area contributed by atoms with Crippen molar-refractivity contribution in [2.75, 3.05) is 0 Å². The quantitative estimate of drug-likeness (QED) is 0.724. The van der Waals surface area contributed by atoms with Crippen molar-refractivity contribution in [1.82, 2.24) is 5.32 Å². The number of nitrogens with one attached hydrogen (secondary N) is 1. The van der Waals surface area contributed by atoms with Gasteiger partial charge in [-0.15, -0.1) is 0 Å². The van der Waals surface area contributed by atoms with E-state index >= 15 is 0 Å². The minimum atomic E-state index is 0.203. The minimum Gasteiger partial charge on any atom is -0.356 e. The van der Waals surface area contributed by atoms with Crippen molar-refractivity contribution in [3.05, 3.63) is 34.9 Å². The molecule has 1 amide bonds. The fourth-order valence-electron chi connectivity index (χ4n) is 1.46. The van der Waals surface area contributed by atoms with E-state index in [1.165, 1.54) is 16.7 Å². The molecule has 1 rings (SSSR count). The van der Waals surface area contributed by atoms with E-state index in [4.69, 9.17) is 0 Å². The Morgan fingerprint density at radius 3 is 2.64 bits per heavy atom. The maximum atomic E-state index is 10.2. The molecule has 2 heteroatoms. The molecule has 0 aliphatic carbocycles. The highest BCUT2D eigenvalue weighted by molar-refractivity contribution is 5.46. The molecule has 0 heterocycles. The van der Waals surface area contributed by atoms with Crippen molar-refractivity contribution < 1.29 is 4.79 Å². The molecular formula is C12H17NO. The smallest absolute Gasteiger partial charge is 0.207 e. The first-order valence-electron chi connectivity index (χ1n) is 4.89. The Morgan fingerprint density at radius 2 is 2.07 bits per heavy atom. The summed E-state index contributed by atoms with van der Waals surface area (Å²) in [5, 5.41) is 2.75. The summed E-state index contributed by atoms with van der Waals surface area (Å²) in [5.74, 6) is 0. The first-order chi connectivity index (χ1) is 6.63. The number of carbonyl (C=O) groups excluding carboxylic acids is 1. The minimum absolute atomic E-state index is 0.203. The molecule has 1 atom stereocenters. The molecule has 0 bridgehead atoms. The second-order valence-corrected chi connectivity index (χ2v) is 3.81. The summed E-state index contributed by atoms with van der Waals surface area (Å²) < 4.78 is 0. The SMILES string of the molecule is Cc1ccc(CC(C)NC=O)cc1C. The molecule has 1 aromatic rings. The summed E-state index contributed by atoms with van der Waals surface area (Å²) >= 11 is 0. The lowest BCUT2D eigenvalue weighted by Gasteiger charge is -2.11. The molecule has 14 heavy (non-hydrogen) atoms. The van der Waals surface area contributed by atoms with Crippen LogP contribution in [0.15, 0.2) is 18.2 Å². The first kappa shape index (κ1) is 10.8. The summed E-state index contributed by atoms with van der Waals surface area (Å²) in [6, 6.07) is 6.62. The third-order valence-electron chi connectivity index (χ3n) is 2.47. The Balaban J connectivity index is 2.67. The number of amides is 1. The van der Waals surface area contributed by atoms with Crippen LogP contribution in [0.4, 0.5) is 0 Å². The maximum Gasteiger partial charge on any atom is 0.207 e. The zero-order valence-corrected chi connectivity index (χ0v) is 9.00. The zero-order valence-electron chi connectivity index (χ0n) is 9.00. The van der Waals surface area contributed by atoms with Gasteiger partial charge in [-0.05, 0) is 43.9 Å². The largest absolute Gasteiger partial charge is 0.356 e. The molecule has 0 fully saturated rings. The highest BCUT2D eigenvalue weighted by atomic mass is 16.1. The fraction of sp³-hybridized carbons (Fsp3) is 0.417. The lowest BCUT2D eigenvalue weighted by Crippen LogP contribution is -2.26. The number of hydrogen-bond acceptors (Lipinski definition) is 1. The predicted octanol–water partition coefficient (Wildman–Crippen LogP) is 1.98. The van der Waals surface area contributed by atoms with Crippen LogP contribution >= 0.6 is 0 Å². The lowest BCUT2D eigenvalue weighted by atomic mass is 10.0. The number of hydrogen-bond donors (Lipinski definition) is 1. The van der Waals surface area contributed by atoms with Gasteiger partial charge in [0.2, 0.25) is 6.41 Å². The molecule has 2 nitrogen and oxygen atoms in total. The van der Waals surface area contributed by atoms with Gasteiger partial charge in [0, 0.05) is 6.04 Å². The summed E-state index contributed by atoms with van der Waals surface area (Å²) in [4.78, 5) is 10.2. The Labute approximate surface area is 85.3 Å². The van der Waals surface area contributed by atoms with Crippen molar-refractivity contribution in [2.24, 2.45) is 0 Å². The molecule has 1 aromatic carbocycles. The standard InChI is InChI=1S/C12H17NO/c1-9-4-5-12(6-10(9)2)7-11(3)13-8-14/h4-6,8,11H,7H2,1-3H3,(H,13,14). The second kappa shape index (κ2) is 4.80. The topological polar surface area (TPSA) is 29.1 Å². The van der Waals surface area contributed by atoms with E-state index in [9.17, 15) is 4.79 Å². The van der Waals surface area contributed by atoms with Crippen LogP contribution in [0, 0.1) is 13.8 Å². The Hall–Kier alpha value is -1.31. The van der Waals surface area contributed by atoms with Crippen LogP contribution in [0.5, 0.6) is 0 Å². The maximum absolute atomic E-state index is 10.2. The molecule has 1 unspecified atom stereocenters. The number of carbonyl (C=O) groups is 1. The van der Waals surface area contributed by atoms with E-state index in [-0.39, 0.29) is 6.04 Å². The Kier molecular flexibility index (Phi) is 3.69. The highest BCUT2D eigenvalue weighted by Gasteiger charge is 2.02. The van der Waals surface area contributed by atoms with E-state index in [0.717, 1.165) is 12.8 Å². The van der Waals surface area contributed by atoms with Crippen LogP contribution in [0.1, 0.15) is 23.6 Å². The Bertz CT molecular complexity index is 320. The summed E-state index contributed by atoms with van der Waals surface area (Å²) in [7, 11) is 0. The van der Waals surface area contributed by atoms with Gasteiger partial charge < -0.3 is 5.32 Å². The van der Waals surface area contributed by atoms with E-state index in [1.54, 1.807) is 0 Å². The average molecular weight is 191 g/mol. The van der Waals surface area contributed by atoms with Crippen LogP contribution in [0.25, 0.3) is 0 Å². The summed E-state index contributed by atoms with van der Waals surface area (Å²) in [6.07, 6.45) is 1.64. The van der Waals surface area contributed by atoms with Crippen LogP contribution in [0.3, 0.4) is 0 Å². The van der Waals surface area contributed by atoms with Gasteiger partial charge in [0.15, 0.2) is 0 Å². The molecule has 1 N–H and O–H groups in total. The van der Waals surface area contributed by atoms with E-state index in [1.807, 2.05) is 6.92 Å². The molecule has 0 aliphatic rings. The van der Waals surface area contributed by atoms with E-state index in [0.29, 0.717) is 0 Å². The van der Waals surface area contributed by atoms with Gasteiger partial charge in [-0.1, -0.05) is 18.2 Å². The molecule has 0 spiro atoms. The number of rotatable bonds is 4. The first-order valence-corrected chi connectivity index (χ1v) is 4.89. The molecule has 0 radical (unpaired) electrons. The third-order valence-corrected chi connectivity index (χ3v) is 2.47. The third kappa shape index (κ3) is 2.87. The molecule has 0 saturated carbocycles. The average Bonchev–Trinajstić information content (AvgIpc) is 2.12. The fourth-order valence-corrected chi connectivity index (χ4v) is 1.46. The zero-order chi connectivity index (χ0) is 10.6. The van der Waals surface area contributed by atoms with Gasteiger partial charge >= 0.3 is 0 Å². The molecule has 0 saturated heterocycles. The Morgan fingerprint density at radius 1 is 1.36 bits per heavy atom. The van der Waals surface area contributed by atoms with Crippen molar-refractivity contribution in [3.63, 3.8) is 0 Å². The van der Waals surface area contributed by atoms with Crippen molar-refractivity contribution in [1.29, 1.82) is 0 Å². The lowest BCUT2D eigenvalue weighted by molar-refractivity contribution is -0.110. The van der Waals surface area contributed by atoms with Crippen LogP contribution < -0.4 is 5.32 Å². The van der Waals surface area contributed by atoms with Crippen molar-refractivity contribution >= 4 is 6.41 Å². The van der Waals surface area contributed by atoms with Gasteiger partial charge in [0.1, 0.15) is 0 Å². The van der Waals surface area contributed by atoms with E-state index < -0.39 is 0 Å². The van der Waals surface area contributed by atoms with Crippen molar-refractivity contribution in [3.8, 4) is 0 Å². The van der Waals surface area contributed by atoms with Crippen LogP contribution in [-0.2, 0) is 11.2 Å². The van der Waals surface area contributed by atoms with Gasteiger partial charge in [-0.3, -0.25) is 4.79 Å². The van der Waals surface area contributed by atoms with Crippen LogP contribution in [-0.4, -0.2) is 12.5 Å². The number of aryl methyl sites for hydroxylation is 2. The van der Waals surface area contributed by atoms with Gasteiger partial charge in [-0.2, -0.15) is 0 Å². The van der Waals surface area contributed by atoms with Crippen molar-refractivity contribution in [2.45, 2.75) is 33.2 Å². The van der Waals surface area contributed by atoms with Crippen LogP contribution in [0.2, 0.25) is 0 Å². The van der Waals surface area contributed by atoms with Gasteiger partial charge in [0.05, 0.1) is 0 Å². The number of benzene rings is 1. The second-order valence-electron chi connectivity index (χ2n) is 3.81. The van der Waals surface area contributed by atoms with Gasteiger partial charge in [-0.25, -0.2) is 0 Å². The van der Waals surface area contributed by atoms with Gasteiger partial charge in [0.25, 0.3) is 0 Å². The molecule has 76 valence electrons. The van der Waals surface area contributed by atoms with E-state index in [2.05, 4.69) is 37.4 Å². The molecular weight excluding hydrogens is 174 g/mol. The summed E-state index contributed by atoms with van der Waals surface area (Å²) in [6.45, 7) is 6.21. The molecule has 0 aromatic heterocycles. The molecule has 0 aliphatic heterocycles. The summed E-state index contributed by atoms with van der Waals surface area (Å²) in [5.41, 5.74) is 3.89. The predicted molar refractivity (Wildman–Crippen MR) is 58.3 cm³/mol. The highest BCUT2D eigenvalue weighted by Crippen LogP contribution is 2.11.